The summed E-state index contributed by atoms with van der Waals surface area (Å²) in [6, 6.07) is 15.1. The number of methoxy groups -OCH3 is 1. The van der Waals surface area contributed by atoms with Crippen molar-refractivity contribution in [3.63, 3.8) is 0 Å². The lowest BCUT2D eigenvalue weighted by atomic mass is 10.2. The van der Waals surface area contributed by atoms with Gasteiger partial charge in [-0.05, 0) is 23.8 Å². The van der Waals surface area contributed by atoms with E-state index in [1.165, 1.54) is 18.0 Å². The number of nitrogens with one attached hydrogen (secondary N) is 1. The zero-order chi connectivity index (χ0) is 18.8. The van der Waals surface area contributed by atoms with Crippen LogP contribution in [0.2, 0.25) is 5.02 Å². The van der Waals surface area contributed by atoms with E-state index in [0.29, 0.717) is 32.7 Å². The number of ether oxygens (including phenoxy) is 1. The van der Waals surface area contributed by atoms with Crippen molar-refractivity contribution in [2.45, 2.75) is 10.9 Å². The fourth-order valence-electron chi connectivity index (χ4n) is 2.71. The normalized spacial score (nSPS) is 11.0. The fraction of sp³-hybridized carbons (Fsp3) is 0.105. The van der Waals surface area contributed by atoms with Gasteiger partial charge < -0.3 is 9.72 Å². The van der Waals surface area contributed by atoms with Crippen LogP contribution in [0.5, 0.6) is 5.75 Å². The molecule has 0 fully saturated rings. The summed E-state index contributed by atoms with van der Waals surface area (Å²) in [4.78, 5) is 19.9. The molecule has 27 heavy (non-hydrogen) atoms. The van der Waals surface area contributed by atoms with Crippen molar-refractivity contribution in [3.05, 3.63) is 75.7 Å². The first kappa shape index (κ1) is 17.6. The van der Waals surface area contributed by atoms with Gasteiger partial charge in [0.25, 0.3) is 5.56 Å². The highest BCUT2D eigenvalue weighted by Crippen LogP contribution is 2.27. The van der Waals surface area contributed by atoms with E-state index in [4.69, 9.17) is 16.3 Å². The molecule has 0 saturated heterocycles. The van der Waals surface area contributed by atoms with Crippen LogP contribution in [0.4, 0.5) is 0 Å². The molecule has 0 amide bonds. The molecule has 2 aromatic heterocycles. The number of para-hydroxylation sites is 2. The summed E-state index contributed by atoms with van der Waals surface area (Å²) in [6.45, 7) is 0. The van der Waals surface area contributed by atoms with Crippen LogP contribution in [0, 0.1) is 0 Å². The van der Waals surface area contributed by atoms with E-state index in [9.17, 15) is 4.79 Å². The Morgan fingerprint density at radius 2 is 1.96 bits per heavy atom. The molecular weight excluding hydrogens is 384 g/mol. The van der Waals surface area contributed by atoms with E-state index in [0.717, 1.165) is 11.3 Å². The van der Waals surface area contributed by atoms with Crippen LogP contribution in [0.15, 0.2) is 64.7 Å². The third-order valence-corrected chi connectivity index (χ3v) is 5.34. The van der Waals surface area contributed by atoms with E-state index in [1.807, 2.05) is 48.5 Å². The number of aromatic nitrogens is 4. The van der Waals surface area contributed by atoms with Gasteiger partial charge in [-0.3, -0.25) is 4.79 Å². The summed E-state index contributed by atoms with van der Waals surface area (Å²) in [6.07, 6.45) is 1.51. The van der Waals surface area contributed by atoms with Crippen LogP contribution in [-0.2, 0) is 5.75 Å². The standard InChI is InChI=1S/C19H15ClN4O2S/c1-26-16-9-5-4-8-15(16)24-17-13(10-21-24)18(25)23-19(22-17)27-11-12-6-2-3-7-14(12)20/h2-10H,11H2,1H3,(H,22,23,25). The number of benzene rings is 2. The Hall–Kier alpha value is -2.77. The molecule has 0 atom stereocenters. The Morgan fingerprint density at radius 1 is 1.19 bits per heavy atom. The number of thioether (sulfide) groups is 1. The molecule has 2 heterocycles. The first-order valence-electron chi connectivity index (χ1n) is 8.15. The molecule has 0 spiro atoms. The van der Waals surface area contributed by atoms with E-state index in [1.54, 1.807) is 11.8 Å². The van der Waals surface area contributed by atoms with Gasteiger partial charge in [-0.2, -0.15) is 5.10 Å². The average Bonchev–Trinajstić information content (AvgIpc) is 3.11. The van der Waals surface area contributed by atoms with Crippen molar-refractivity contribution >= 4 is 34.4 Å². The summed E-state index contributed by atoms with van der Waals surface area (Å²) in [7, 11) is 1.59. The zero-order valence-corrected chi connectivity index (χ0v) is 15.9. The Kier molecular flexibility index (Phi) is 4.87. The first-order valence-corrected chi connectivity index (χ1v) is 9.51. The molecule has 0 aliphatic rings. The lowest BCUT2D eigenvalue weighted by Gasteiger charge is -2.09. The summed E-state index contributed by atoms with van der Waals surface area (Å²) >= 11 is 7.61. The topological polar surface area (TPSA) is 72.8 Å². The van der Waals surface area contributed by atoms with Crippen LogP contribution in [0.25, 0.3) is 16.7 Å². The van der Waals surface area contributed by atoms with Crippen LogP contribution < -0.4 is 10.3 Å². The number of hydrogen-bond acceptors (Lipinski definition) is 5. The average molecular weight is 399 g/mol. The van der Waals surface area contributed by atoms with Crippen molar-refractivity contribution in [1.29, 1.82) is 0 Å². The molecule has 136 valence electrons. The second-order valence-electron chi connectivity index (χ2n) is 5.72. The first-order chi connectivity index (χ1) is 13.2. The monoisotopic (exact) mass is 398 g/mol. The minimum Gasteiger partial charge on any atom is -0.494 e. The number of halogens is 1. The van der Waals surface area contributed by atoms with E-state index >= 15 is 0 Å². The van der Waals surface area contributed by atoms with Crippen LogP contribution in [0.3, 0.4) is 0 Å². The van der Waals surface area contributed by atoms with Gasteiger partial charge in [0.15, 0.2) is 10.8 Å². The smallest absolute Gasteiger partial charge is 0.262 e. The van der Waals surface area contributed by atoms with Crippen molar-refractivity contribution in [2.24, 2.45) is 0 Å². The molecule has 0 aliphatic heterocycles. The van der Waals surface area contributed by atoms with Gasteiger partial charge in [0.05, 0.1) is 13.3 Å². The predicted octanol–water partition coefficient (Wildman–Crippen LogP) is 4.06. The van der Waals surface area contributed by atoms with Gasteiger partial charge in [-0.25, -0.2) is 9.67 Å². The molecule has 8 heteroatoms. The highest BCUT2D eigenvalue weighted by Gasteiger charge is 2.14. The number of aromatic amines is 1. The van der Waals surface area contributed by atoms with E-state index < -0.39 is 0 Å². The molecule has 0 bridgehead atoms. The van der Waals surface area contributed by atoms with Gasteiger partial charge in [-0.15, -0.1) is 0 Å². The number of fused-ring (bicyclic) bond motifs is 1. The third kappa shape index (κ3) is 3.43. The minimum absolute atomic E-state index is 0.234. The number of rotatable bonds is 5. The Bertz CT molecular complexity index is 1170. The minimum atomic E-state index is -0.234. The van der Waals surface area contributed by atoms with E-state index in [-0.39, 0.29) is 5.56 Å². The maximum Gasteiger partial charge on any atom is 0.262 e. The maximum absolute atomic E-state index is 12.5. The second-order valence-corrected chi connectivity index (χ2v) is 7.09. The predicted molar refractivity (Wildman–Crippen MR) is 107 cm³/mol. The Balaban J connectivity index is 1.74. The van der Waals surface area contributed by atoms with Crippen molar-refractivity contribution < 1.29 is 4.74 Å². The van der Waals surface area contributed by atoms with Gasteiger partial charge in [-0.1, -0.05) is 53.7 Å². The Labute approximate surface area is 164 Å². The quantitative estimate of drug-likeness (QED) is 0.405. The number of nitrogens with zero attached hydrogens (tertiary/aromatic N) is 3. The molecular formula is C19H15ClN4O2S. The van der Waals surface area contributed by atoms with Crippen LogP contribution >= 0.6 is 23.4 Å². The van der Waals surface area contributed by atoms with E-state index in [2.05, 4.69) is 15.1 Å². The molecule has 0 aliphatic carbocycles. The van der Waals surface area contributed by atoms with Gasteiger partial charge in [0, 0.05) is 10.8 Å². The summed E-state index contributed by atoms with van der Waals surface area (Å²) in [5, 5.41) is 5.94. The molecule has 0 unspecified atom stereocenters. The molecule has 4 rings (SSSR count). The summed E-state index contributed by atoms with van der Waals surface area (Å²) < 4.78 is 7.02. The highest BCUT2D eigenvalue weighted by atomic mass is 35.5. The molecule has 2 aromatic carbocycles. The van der Waals surface area contributed by atoms with Gasteiger partial charge >= 0.3 is 0 Å². The third-order valence-electron chi connectivity index (χ3n) is 4.05. The summed E-state index contributed by atoms with van der Waals surface area (Å²) in [5.74, 6) is 1.24. The SMILES string of the molecule is COc1ccccc1-n1ncc2c(=O)[nH]c(SCc3ccccc3Cl)nc21. The van der Waals surface area contributed by atoms with Gasteiger partial charge in [0.2, 0.25) is 0 Å². The molecule has 0 saturated carbocycles. The zero-order valence-electron chi connectivity index (χ0n) is 14.3. The van der Waals surface area contributed by atoms with Crippen molar-refractivity contribution in [1.82, 2.24) is 19.7 Å². The van der Waals surface area contributed by atoms with Gasteiger partial charge in [0.1, 0.15) is 16.8 Å². The largest absolute Gasteiger partial charge is 0.494 e. The number of hydrogen-bond donors (Lipinski definition) is 1. The van der Waals surface area contributed by atoms with Crippen LogP contribution in [-0.4, -0.2) is 26.9 Å². The van der Waals surface area contributed by atoms with Crippen molar-refractivity contribution in [2.75, 3.05) is 7.11 Å². The Morgan fingerprint density at radius 3 is 2.78 bits per heavy atom. The molecule has 4 aromatic rings. The summed E-state index contributed by atoms with van der Waals surface area (Å²) in [5.41, 5.74) is 1.94. The highest BCUT2D eigenvalue weighted by molar-refractivity contribution is 7.98. The maximum atomic E-state index is 12.5. The lowest BCUT2D eigenvalue weighted by molar-refractivity contribution is 0.412. The fourth-order valence-corrected chi connectivity index (χ4v) is 3.85. The van der Waals surface area contributed by atoms with Crippen LogP contribution in [0.1, 0.15) is 5.56 Å². The molecule has 1 N–H and O–H groups in total. The lowest BCUT2D eigenvalue weighted by Crippen LogP contribution is -2.10. The van der Waals surface area contributed by atoms with Crippen molar-refractivity contribution in [3.8, 4) is 11.4 Å². The second kappa shape index (κ2) is 7.46. The molecule has 0 radical (unpaired) electrons. The number of H-pyrrole nitrogens is 1. The molecule has 6 nitrogen and oxygen atoms in total.